The number of anilines is 1. The van der Waals surface area contributed by atoms with Gasteiger partial charge in [0.15, 0.2) is 5.65 Å². The van der Waals surface area contributed by atoms with Crippen molar-refractivity contribution in [2.45, 2.75) is 50.5 Å². The van der Waals surface area contributed by atoms with E-state index in [4.69, 9.17) is 15.8 Å². The summed E-state index contributed by atoms with van der Waals surface area (Å²) in [6.45, 7) is 15.1. The molecule has 3 N–H and O–H groups in total. The number of likely N-dealkylation sites (N-methyl/N-ethyl adjacent to an activating group) is 1. The van der Waals surface area contributed by atoms with Crippen molar-refractivity contribution >= 4 is 17.2 Å². The zero-order valence-corrected chi connectivity index (χ0v) is 22.8. The molecule has 1 saturated carbocycles. The summed E-state index contributed by atoms with van der Waals surface area (Å²) in [5.74, 6) is 1.33. The van der Waals surface area contributed by atoms with E-state index in [1.165, 1.54) is 0 Å². The highest BCUT2D eigenvalue weighted by Crippen LogP contribution is 2.50. The van der Waals surface area contributed by atoms with Gasteiger partial charge in [-0.15, -0.1) is 0 Å². The number of nitrogens with one attached hydrogen (secondary N) is 1. The van der Waals surface area contributed by atoms with Gasteiger partial charge in [0.25, 0.3) is 0 Å². The molecule has 3 atom stereocenters. The molecule has 0 amide bonds. The van der Waals surface area contributed by atoms with E-state index in [0.717, 1.165) is 109 Å². The van der Waals surface area contributed by atoms with Crippen molar-refractivity contribution in [1.82, 2.24) is 24.8 Å². The number of nitrogens with zero attached hydrogens (tertiary/aromatic N) is 5. The maximum atomic E-state index is 14.5. The number of aromatic nitrogens is 3. The highest BCUT2D eigenvalue weighted by molar-refractivity contribution is 5.66. The van der Waals surface area contributed by atoms with Crippen molar-refractivity contribution in [1.29, 1.82) is 0 Å². The van der Waals surface area contributed by atoms with Gasteiger partial charge in [-0.2, -0.15) is 9.61 Å². The lowest BCUT2D eigenvalue weighted by Gasteiger charge is -2.38. The summed E-state index contributed by atoms with van der Waals surface area (Å²) in [6, 6.07) is 9.39. The monoisotopic (exact) mass is 527 g/mol. The number of hydrogen-bond donors (Lipinski definition) is 2. The summed E-state index contributed by atoms with van der Waals surface area (Å²) >= 11 is 0. The first-order chi connectivity index (χ1) is 18.8. The minimum atomic E-state index is -0.245. The van der Waals surface area contributed by atoms with Gasteiger partial charge in [0, 0.05) is 73.3 Å². The van der Waals surface area contributed by atoms with Gasteiger partial charge >= 0.3 is 0 Å². The Morgan fingerprint density at radius 1 is 1.10 bits per heavy atom. The van der Waals surface area contributed by atoms with Gasteiger partial charge in [-0.25, -0.2) is 9.37 Å². The minimum Gasteiger partial charge on any atom is -0.402 e. The molecule has 3 unspecified atom stereocenters. The third-order valence-corrected chi connectivity index (χ3v) is 8.58. The van der Waals surface area contributed by atoms with Crippen LogP contribution >= 0.6 is 0 Å². The summed E-state index contributed by atoms with van der Waals surface area (Å²) in [4.78, 5) is 9.61. The number of benzene rings is 1. The van der Waals surface area contributed by atoms with Crippen LogP contribution in [0.15, 0.2) is 61.5 Å². The van der Waals surface area contributed by atoms with Crippen LogP contribution in [0.5, 0.6) is 0 Å². The first-order valence-electron chi connectivity index (χ1n) is 14.0. The number of piperidine rings is 1. The van der Waals surface area contributed by atoms with Gasteiger partial charge in [0.2, 0.25) is 0 Å². The Morgan fingerprint density at radius 2 is 1.95 bits per heavy atom. The Bertz CT molecular complexity index is 1460. The first-order valence-corrected chi connectivity index (χ1v) is 14.0. The van der Waals surface area contributed by atoms with Crippen LogP contribution in [0.1, 0.15) is 66.6 Å². The molecular formula is C31H38FN7. The fourth-order valence-electron chi connectivity index (χ4n) is 6.19. The molecule has 2 fully saturated rings. The lowest BCUT2D eigenvalue weighted by Crippen LogP contribution is -2.33. The van der Waals surface area contributed by atoms with Gasteiger partial charge in [-0.05, 0) is 56.2 Å². The molecule has 1 aromatic carbocycles. The van der Waals surface area contributed by atoms with E-state index in [9.17, 15) is 4.39 Å². The smallest absolute Gasteiger partial charge is 0.157 e. The molecule has 2 aromatic heterocycles. The minimum absolute atomic E-state index is 0.0488. The molecule has 3 aromatic rings. The zero-order chi connectivity index (χ0) is 27.3. The number of hydrogen-bond acceptors (Lipinski definition) is 6. The Hall–Kier alpha value is -3.81. The molecule has 0 radical (unpaired) electrons. The van der Waals surface area contributed by atoms with Crippen molar-refractivity contribution in [3.63, 3.8) is 0 Å². The lowest BCUT2D eigenvalue weighted by atomic mass is 9.94. The summed E-state index contributed by atoms with van der Waals surface area (Å²) < 4.78 is 16.5. The van der Waals surface area contributed by atoms with Gasteiger partial charge in [0.1, 0.15) is 11.6 Å². The Labute approximate surface area is 229 Å². The molecule has 0 spiro atoms. The van der Waals surface area contributed by atoms with Crippen molar-refractivity contribution in [3.8, 4) is 0 Å². The quantitative estimate of drug-likeness (QED) is 0.482. The molecule has 1 saturated heterocycles. The lowest BCUT2D eigenvalue weighted by molar-refractivity contribution is 0.226. The van der Waals surface area contributed by atoms with E-state index >= 15 is 0 Å². The fourth-order valence-corrected chi connectivity index (χ4v) is 6.19. The highest BCUT2D eigenvalue weighted by Gasteiger charge is 2.41. The third-order valence-electron chi connectivity index (χ3n) is 8.58. The van der Waals surface area contributed by atoms with Crippen LogP contribution < -0.4 is 16.0 Å². The standard InChI is InChI=1S/C31H38FN7/c1-19-8-9-22-10-11-23(32)15-25(22)21(3)38-13-6-5-7-29(38)28-17-30-35-27(26-16-24(26)20(2)33)18-31(39(30)36-28)37(4)14-12-34-19/h10-11,15,17-18,24,26,29,34H,1-3,5-9,12-14,16,33H2,4H3. The van der Waals surface area contributed by atoms with Crippen LogP contribution in [0.25, 0.3) is 11.3 Å². The highest BCUT2D eigenvalue weighted by atomic mass is 19.1. The molecule has 2 bridgehead atoms. The van der Waals surface area contributed by atoms with Crippen molar-refractivity contribution in [2.75, 3.05) is 31.6 Å². The zero-order valence-electron chi connectivity index (χ0n) is 22.8. The van der Waals surface area contributed by atoms with Crippen LogP contribution in [0, 0.1) is 11.7 Å². The molecule has 4 heterocycles. The summed E-state index contributed by atoms with van der Waals surface area (Å²) in [7, 11) is 2.10. The van der Waals surface area contributed by atoms with E-state index in [-0.39, 0.29) is 17.8 Å². The largest absolute Gasteiger partial charge is 0.402 e. The fraction of sp³-hybridized carbons (Fsp3) is 0.419. The molecule has 7 nitrogen and oxygen atoms in total. The van der Waals surface area contributed by atoms with E-state index in [2.05, 4.69) is 54.0 Å². The van der Waals surface area contributed by atoms with Crippen LogP contribution in [0.3, 0.4) is 0 Å². The van der Waals surface area contributed by atoms with E-state index < -0.39 is 0 Å². The normalized spacial score (nSPS) is 23.9. The number of allylic oxidation sites excluding steroid dienone is 2. The molecule has 1 aliphatic carbocycles. The molecule has 2 aliphatic heterocycles. The average Bonchev–Trinajstić information content (AvgIpc) is 3.63. The second kappa shape index (κ2) is 10.1. The summed E-state index contributed by atoms with van der Waals surface area (Å²) in [5, 5.41) is 8.61. The molecule has 6 rings (SSSR count). The average molecular weight is 528 g/mol. The van der Waals surface area contributed by atoms with Crippen LogP contribution in [0.4, 0.5) is 10.2 Å². The maximum Gasteiger partial charge on any atom is 0.157 e. The van der Waals surface area contributed by atoms with Gasteiger partial charge in [-0.1, -0.05) is 25.8 Å². The molecule has 3 aliphatic rings. The van der Waals surface area contributed by atoms with Gasteiger partial charge < -0.3 is 20.9 Å². The van der Waals surface area contributed by atoms with Crippen molar-refractivity contribution in [3.05, 3.63) is 89.8 Å². The third kappa shape index (κ3) is 4.88. The first kappa shape index (κ1) is 25.5. The second-order valence-corrected chi connectivity index (χ2v) is 11.3. The number of fused-ring (bicyclic) bond motifs is 4. The Balaban J connectivity index is 1.46. The molecule has 39 heavy (non-hydrogen) atoms. The van der Waals surface area contributed by atoms with E-state index in [1.807, 2.05) is 10.6 Å². The molecule has 8 heteroatoms. The SMILES string of the molecule is C=C1CCc2ccc(F)cc2C(=C)N2CCCCC2c2cc3nc(C4CC4C(=C)N)cc(n3n2)N(C)CCN1. The number of rotatable bonds is 2. The van der Waals surface area contributed by atoms with Gasteiger partial charge in [-0.3, -0.25) is 0 Å². The number of halogens is 1. The van der Waals surface area contributed by atoms with Crippen LogP contribution in [-0.4, -0.2) is 46.2 Å². The molecule has 204 valence electrons. The number of aryl methyl sites for hydroxylation is 1. The second-order valence-electron chi connectivity index (χ2n) is 11.3. The van der Waals surface area contributed by atoms with Crippen LogP contribution in [0.2, 0.25) is 0 Å². The van der Waals surface area contributed by atoms with Crippen molar-refractivity contribution < 1.29 is 4.39 Å². The Morgan fingerprint density at radius 3 is 2.74 bits per heavy atom. The predicted molar refractivity (Wildman–Crippen MR) is 155 cm³/mol. The topological polar surface area (TPSA) is 74.7 Å². The molecular weight excluding hydrogens is 489 g/mol. The van der Waals surface area contributed by atoms with Gasteiger partial charge in [0.05, 0.1) is 17.4 Å². The van der Waals surface area contributed by atoms with Crippen LogP contribution in [-0.2, 0) is 6.42 Å². The maximum absolute atomic E-state index is 14.5. The van der Waals surface area contributed by atoms with Crippen molar-refractivity contribution in [2.24, 2.45) is 11.7 Å². The Kier molecular flexibility index (Phi) is 6.57. The summed E-state index contributed by atoms with van der Waals surface area (Å²) in [6.07, 6.45) is 5.66. The van der Waals surface area contributed by atoms with E-state index in [1.54, 1.807) is 12.1 Å². The number of nitrogens with two attached hydrogens (primary N) is 1. The predicted octanol–water partition coefficient (Wildman–Crippen LogP) is 5.13. The van der Waals surface area contributed by atoms with E-state index in [0.29, 0.717) is 5.92 Å². The summed E-state index contributed by atoms with van der Waals surface area (Å²) in [5.41, 5.74) is 13.4.